The van der Waals surface area contributed by atoms with Crippen LogP contribution < -0.4 is 10.1 Å². The summed E-state index contributed by atoms with van der Waals surface area (Å²) in [6, 6.07) is -6.02. The molecule has 1 aliphatic rings. The van der Waals surface area contributed by atoms with Gasteiger partial charge in [0.2, 0.25) is 0 Å². The lowest BCUT2D eigenvalue weighted by Crippen LogP contribution is -2.49. The van der Waals surface area contributed by atoms with Gasteiger partial charge < -0.3 is 19.9 Å². The molecule has 31 heavy (non-hydrogen) atoms. The van der Waals surface area contributed by atoms with Crippen LogP contribution >= 0.6 is 0 Å². The number of benzene rings is 2. The summed E-state index contributed by atoms with van der Waals surface area (Å²) in [5.41, 5.74) is -0.325. The van der Waals surface area contributed by atoms with E-state index in [1.807, 2.05) is 13.8 Å². The number of amides is 2. The summed E-state index contributed by atoms with van der Waals surface area (Å²) >= 11 is 0. The third-order valence-electron chi connectivity index (χ3n) is 4.77. The Kier molecular flexibility index (Phi) is 4.47. The molecule has 3 rings (SSSR count). The normalized spacial score (nSPS) is 20.6. The van der Waals surface area contributed by atoms with Gasteiger partial charge in [-0.15, -0.1) is 0 Å². The summed E-state index contributed by atoms with van der Waals surface area (Å²) in [6.07, 6.45) is 0.413. The first kappa shape index (κ1) is 12.4. The molecular weight excluding hydrogens is 393 g/mol. The first-order valence-corrected chi connectivity index (χ1v) is 10.2. The van der Waals surface area contributed by atoms with Gasteiger partial charge >= 0.3 is 6.03 Å². The molecule has 2 amide bonds. The summed E-state index contributed by atoms with van der Waals surface area (Å²) in [6.45, 7) is 0.945. The molecule has 0 bridgehead atoms. The van der Waals surface area contributed by atoms with Crippen LogP contribution in [-0.4, -0.2) is 48.5 Å². The number of hydrogen-bond donors (Lipinski definition) is 1. The average molecular weight is 439 g/mol. The van der Waals surface area contributed by atoms with E-state index in [9.17, 15) is 9.18 Å². The van der Waals surface area contributed by atoms with Crippen molar-refractivity contribution in [1.82, 2.24) is 15.1 Å². The molecule has 0 aliphatic carbocycles. The Hall–Kier alpha value is -2.60. The maximum atomic E-state index is 14.2. The molecule has 1 saturated heterocycles. The van der Waals surface area contributed by atoms with Crippen LogP contribution in [0.1, 0.15) is 52.9 Å². The van der Waals surface area contributed by atoms with E-state index in [0.717, 1.165) is 0 Å². The van der Waals surface area contributed by atoms with E-state index in [2.05, 4.69) is 5.32 Å². The van der Waals surface area contributed by atoms with Crippen LogP contribution in [0.2, 0.25) is 0 Å². The highest BCUT2D eigenvalue weighted by molar-refractivity contribution is 5.74. The Balaban J connectivity index is 1.92. The first-order chi connectivity index (χ1) is 19.5. The molecular formula is C25H34FN3O2. The molecule has 0 saturated carbocycles. The van der Waals surface area contributed by atoms with Crippen LogP contribution in [-0.2, 0) is 13.1 Å². The molecule has 168 valence electrons. The number of piperidine rings is 1. The number of urea groups is 1. The molecule has 1 fully saturated rings. The van der Waals surface area contributed by atoms with Gasteiger partial charge in [0.05, 0.1) is 17.6 Å². The van der Waals surface area contributed by atoms with E-state index < -0.39 is 86.3 Å². The predicted octanol–water partition coefficient (Wildman–Crippen LogP) is 4.67. The molecule has 0 unspecified atom stereocenters. The largest absolute Gasteiger partial charge is 0.493 e. The van der Waals surface area contributed by atoms with E-state index in [1.165, 1.54) is 9.80 Å². The maximum Gasteiger partial charge on any atom is 0.318 e. The van der Waals surface area contributed by atoms with Gasteiger partial charge in [-0.05, 0) is 74.1 Å². The summed E-state index contributed by atoms with van der Waals surface area (Å²) in [7, 11) is 0. The lowest BCUT2D eigenvalue weighted by Gasteiger charge is -2.37. The highest BCUT2D eigenvalue weighted by Crippen LogP contribution is 2.19. The van der Waals surface area contributed by atoms with Crippen molar-refractivity contribution in [3.63, 3.8) is 0 Å². The maximum absolute atomic E-state index is 14.2. The van der Waals surface area contributed by atoms with E-state index in [-0.39, 0.29) is 55.3 Å². The number of rotatable bonds is 8. The zero-order valence-corrected chi connectivity index (χ0v) is 17.7. The Labute approximate surface area is 200 Å². The van der Waals surface area contributed by atoms with Gasteiger partial charge in [0.25, 0.3) is 0 Å². The Bertz CT molecular complexity index is 1270. The fourth-order valence-electron chi connectivity index (χ4n) is 3.12. The van der Waals surface area contributed by atoms with Crippen molar-refractivity contribution >= 4 is 6.03 Å². The van der Waals surface area contributed by atoms with Crippen LogP contribution in [0, 0.1) is 11.7 Å². The van der Waals surface area contributed by atoms with E-state index >= 15 is 0 Å². The van der Waals surface area contributed by atoms with E-state index in [0.29, 0.717) is 0 Å². The molecule has 2 aromatic carbocycles. The number of carbonyl (C=O) groups is 1. The van der Waals surface area contributed by atoms with Gasteiger partial charge in [-0.2, -0.15) is 0 Å². The van der Waals surface area contributed by atoms with Crippen molar-refractivity contribution in [2.45, 2.75) is 45.8 Å². The lowest BCUT2D eigenvalue weighted by atomic mass is 10.0. The van der Waals surface area contributed by atoms with Gasteiger partial charge in [-0.25, -0.2) is 9.18 Å². The highest BCUT2D eigenvalue weighted by atomic mass is 19.1. The Morgan fingerprint density at radius 2 is 1.84 bits per heavy atom. The second-order valence-corrected chi connectivity index (χ2v) is 7.81. The Morgan fingerprint density at radius 3 is 2.45 bits per heavy atom. The Morgan fingerprint density at radius 1 is 1.19 bits per heavy atom. The number of carbonyl (C=O) groups excluding carboxylic acids is 1. The summed E-state index contributed by atoms with van der Waals surface area (Å²) in [5.74, 6) is -1.44. The number of nitrogens with zero attached hydrogens (tertiary/aromatic N) is 2. The fraction of sp³-hybridized carbons (Fsp3) is 0.480. The zero-order valence-electron chi connectivity index (χ0n) is 28.7. The fourth-order valence-corrected chi connectivity index (χ4v) is 3.12. The second kappa shape index (κ2) is 11.1. The van der Waals surface area contributed by atoms with Gasteiger partial charge in [-0.1, -0.05) is 38.0 Å². The number of hydrogen-bond acceptors (Lipinski definition) is 3. The van der Waals surface area contributed by atoms with Gasteiger partial charge in [-0.3, -0.25) is 0 Å². The van der Waals surface area contributed by atoms with Crippen LogP contribution in [0.4, 0.5) is 9.18 Å². The molecule has 0 spiro atoms. The van der Waals surface area contributed by atoms with Gasteiger partial charge in [0.1, 0.15) is 11.6 Å². The van der Waals surface area contributed by atoms with Gasteiger partial charge in [0, 0.05) is 23.2 Å². The molecule has 6 heteroatoms. The number of likely N-dealkylation sites (tertiary alicyclic amines) is 1. The van der Waals surface area contributed by atoms with Crippen LogP contribution in [0.25, 0.3) is 0 Å². The lowest BCUT2D eigenvalue weighted by molar-refractivity contribution is 0.127. The predicted molar refractivity (Wildman–Crippen MR) is 121 cm³/mol. The molecule has 1 heterocycles. The molecule has 2 aromatic rings. The van der Waals surface area contributed by atoms with Crippen molar-refractivity contribution in [3.05, 3.63) is 65.3 Å². The number of halogens is 1. The van der Waals surface area contributed by atoms with Crippen LogP contribution in [0.3, 0.4) is 0 Å². The smallest absolute Gasteiger partial charge is 0.318 e. The molecule has 0 radical (unpaired) electrons. The third kappa shape index (κ3) is 7.24. The van der Waals surface area contributed by atoms with Crippen molar-refractivity contribution in [2.75, 3.05) is 26.7 Å². The summed E-state index contributed by atoms with van der Waals surface area (Å²) in [5, 5.41) is 2.57. The topological polar surface area (TPSA) is 44.8 Å². The molecule has 1 aliphatic heterocycles. The summed E-state index contributed by atoms with van der Waals surface area (Å²) < 4.78 is 108. The molecule has 5 nitrogen and oxygen atoms in total. The number of nitrogens with one attached hydrogen (secondary N) is 1. The standard InChI is InChI=1S/C25H34FN3O2/c1-19(2)18-31-24-10-6-20(7-11-24)16-27-25(30)29(23-12-14-28(3)15-13-23)17-21-4-8-22(26)9-5-21/h4-11,19,23H,12-18H2,1-3H3,(H,27,30)/i3D3,4D,5D,6D,7D,8D,9D,10D,11D. The minimum atomic E-state index is -2.33. The molecule has 0 aromatic heterocycles. The first-order valence-electron chi connectivity index (χ1n) is 15.7. The van der Waals surface area contributed by atoms with Crippen molar-refractivity contribution < 1.29 is 29.0 Å². The number of ether oxygens (including phenoxy) is 1. The SMILES string of the molecule is [2H]c1c([2H])c(CN(C(=O)NCc2c([2H])c([2H])c(OCC(C)C)c([2H])c2[2H])C2CCN(C([2H])([2H])[2H])CC2)c([2H])c([2H])c1F. The monoisotopic (exact) mass is 438 g/mol. The highest BCUT2D eigenvalue weighted by Gasteiger charge is 2.27. The van der Waals surface area contributed by atoms with E-state index in [1.54, 1.807) is 0 Å². The van der Waals surface area contributed by atoms with Crippen LogP contribution in [0.5, 0.6) is 5.75 Å². The zero-order chi connectivity index (χ0) is 31.7. The minimum absolute atomic E-state index is 0.0792. The van der Waals surface area contributed by atoms with E-state index in [4.69, 9.17) is 19.8 Å². The van der Waals surface area contributed by atoms with Crippen molar-refractivity contribution in [3.8, 4) is 5.75 Å². The average Bonchev–Trinajstić information content (AvgIpc) is 2.93. The van der Waals surface area contributed by atoms with Crippen molar-refractivity contribution in [2.24, 2.45) is 5.92 Å². The van der Waals surface area contributed by atoms with Crippen LogP contribution in [0.15, 0.2) is 48.3 Å². The minimum Gasteiger partial charge on any atom is -0.493 e. The summed E-state index contributed by atoms with van der Waals surface area (Å²) in [4.78, 5) is 16.0. The molecule has 1 N–H and O–H groups in total. The quantitative estimate of drug-likeness (QED) is 0.652. The van der Waals surface area contributed by atoms with Gasteiger partial charge in [0.15, 0.2) is 0 Å². The second-order valence-electron chi connectivity index (χ2n) is 7.81. The molecule has 0 atom stereocenters. The third-order valence-corrected chi connectivity index (χ3v) is 4.77. The van der Waals surface area contributed by atoms with Crippen molar-refractivity contribution in [1.29, 1.82) is 0 Å².